The average Bonchev–Trinajstić information content (AvgIpc) is 2.70. The zero-order valence-electron chi connectivity index (χ0n) is 11.3. The number of hydrogen-bond acceptors (Lipinski definition) is 1. The lowest BCUT2D eigenvalue weighted by molar-refractivity contribution is 0.428. The van der Waals surface area contributed by atoms with Crippen LogP contribution >= 0.6 is 0 Å². The van der Waals surface area contributed by atoms with Crippen LogP contribution < -0.4 is 5.73 Å². The standard InChI is InChI=1S/C15H22FN3/c16-14-7-5-13(6-8-14)9-10-18-15(17)19-11-3-1-2-4-12-19/h5-8H,1-4,9-12H2,(H2,17,18). The third-order valence-electron chi connectivity index (χ3n) is 3.52. The van der Waals surface area contributed by atoms with Gasteiger partial charge in [-0.05, 0) is 37.0 Å². The number of nitrogens with two attached hydrogens (primary N) is 1. The van der Waals surface area contributed by atoms with Crippen molar-refractivity contribution in [1.29, 1.82) is 0 Å². The average molecular weight is 263 g/mol. The van der Waals surface area contributed by atoms with Gasteiger partial charge in [0.05, 0.1) is 0 Å². The molecule has 0 saturated carbocycles. The summed E-state index contributed by atoms with van der Waals surface area (Å²) in [5.41, 5.74) is 7.11. The molecule has 0 spiro atoms. The molecule has 1 aliphatic rings. The highest BCUT2D eigenvalue weighted by Crippen LogP contribution is 2.09. The smallest absolute Gasteiger partial charge is 0.191 e. The molecular formula is C15H22FN3. The summed E-state index contributed by atoms with van der Waals surface area (Å²) in [6, 6.07) is 6.56. The summed E-state index contributed by atoms with van der Waals surface area (Å²) in [6.07, 6.45) is 5.79. The summed E-state index contributed by atoms with van der Waals surface area (Å²) in [4.78, 5) is 6.61. The quantitative estimate of drug-likeness (QED) is 0.672. The molecule has 1 aliphatic heterocycles. The van der Waals surface area contributed by atoms with Crippen LogP contribution in [0.2, 0.25) is 0 Å². The minimum absolute atomic E-state index is 0.198. The molecule has 104 valence electrons. The number of aliphatic imine (C=N–C) groups is 1. The van der Waals surface area contributed by atoms with Gasteiger partial charge in [-0.2, -0.15) is 0 Å². The van der Waals surface area contributed by atoms with E-state index in [0.717, 1.165) is 25.1 Å². The van der Waals surface area contributed by atoms with E-state index in [2.05, 4.69) is 9.89 Å². The monoisotopic (exact) mass is 263 g/mol. The molecule has 0 unspecified atom stereocenters. The molecule has 0 atom stereocenters. The van der Waals surface area contributed by atoms with Gasteiger partial charge in [-0.25, -0.2) is 4.39 Å². The molecule has 2 rings (SSSR count). The molecule has 0 aromatic heterocycles. The first-order valence-electron chi connectivity index (χ1n) is 7.05. The molecule has 0 aliphatic carbocycles. The van der Waals surface area contributed by atoms with Crippen LogP contribution in [-0.2, 0) is 6.42 Å². The first-order chi connectivity index (χ1) is 9.25. The molecule has 4 heteroatoms. The second-order valence-electron chi connectivity index (χ2n) is 5.02. The zero-order chi connectivity index (χ0) is 13.5. The van der Waals surface area contributed by atoms with Gasteiger partial charge in [-0.3, -0.25) is 4.99 Å². The second kappa shape index (κ2) is 7.12. The van der Waals surface area contributed by atoms with Crippen molar-refractivity contribution in [2.75, 3.05) is 19.6 Å². The largest absolute Gasteiger partial charge is 0.370 e. The summed E-state index contributed by atoms with van der Waals surface area (Å²) in [7, 11) is 0. The predicted molar refractivity (Wildman–Crippen MR) is 76.6 cm³/mol. The first kappa shape index (κ1) is 13.8. The highest BCUT2D eigenvalue weighted by Gasteiger charge is 2.10. The Kier molecular flexibility index (Phi) is 5.19. The van der Waals surface area contributed by atoms with Gasteiger partial charge in [0.15, 0.2) is 5.96 Å². The molecule has 0 bridgehead atoms. The highest BCUT2D eigenvalue weighted by atomic mass is 19.1. The van der Waals surface area contributed by atoms with Crippen LogP contribution in [0.4, 0.5) is 4.39 Å². The Balaban J connectivity index is 1.82. The lowest BCUT2D eigenvalue weighted by atomic mass is 10.1. The van der Waals surface area contributed by atoms with Crippen LogP contribution in [0, 0.1) is 5.82 Å². The van der Waals surface area contributed by atoms with E-state index in [9.17, 15) is 4.39 Å². The van der Waals surface area contributed by atoms with Gasteiger partial charge in [0.2, 0.25) is 0 Å². The van der Waals surface area contributed by atoms with E-state index in [1.807, 2.05) is 0 Å². The lowest BCUT2D eigenvalue weighted by Crippen LogP contribution is -2.38. The maximum absolute atomic E-state index is 12.8. The Bertz CT molecular complexity index is 406. The normalized spacial score (nSPS) is 17.3. The summed E-state index contributed by atoms with van der Waals surface area (Å²) >= 11 is 0. The third kappa shape index (κ3) is 4.54. The van der Waals surface area contributed by atoms with E-state index >= 15 is 0 Å². The number of rotatable bonds is 3. The third-order valence-corrected chi connectivity index (χ3v) is 3.52. The van der Waals surface area contributed by atoms with Gasteiger partial charge in [0.1, 0.15) is 5.82 Å². The molecule has 0 amide bonds. The Morgan fingerprint density at radius 1 is 1.11 bits per heavy atom. The molecule has 1 fully saturated rings. The minimum Gasteiger partial charge on any atom is -0.370 e. The molecule has 19 heavy (non-hydrogen) atoms. The predicted octanol–water partition coefficient (Wildman–Crippen LogP) is 2.56. The molecule has 3 nitrogen and oxygen atoms in total. The Morgan fingerprint density at radius 2 is 1.74 bits per heavy atom. The van der Waals surface area contributed by atoms with Crippen LogP contribution in [0.25, 0.3) is 0 Å². The van der Waals surface area contributed by atoms with Crippen LogP contribution in [0.1, 0.15) is 31.2 Å². The van der Waals surface area contributed by atoms with Crippen molar-refractivity contribution < 1.29 is 4.39 Å². The number of benzene rings is 1. The highest BCUT2D eigenvalue weighted by molar-refractivity contribution is 5.78. The lowest BCUT2D eigenvalue weighted by Gasteiger charge is -2.21. The first-order valence-corrected chi connectivity index (χ1v) is 7.05. The second-order valence-corrected chi connectivity index (χ2v) is 5.02. The van der Waals surface area contributed by atoms with Gasteiger partial charge >= 0.3 is 0 Å². The number of guanidine groups is 1. The topological polar surface area (TPSA) is 41.6 Å². The van der Waals surface area contributed by atoms with E-state index in [-0.39, 0.29) is 5.82 Å². The van der Waals surface area contributed by atoms with Crippen molar-refractivity contribution in [2.45, 2.75) is 32.1 Å². The van der Waals surface area contributed by atoms with Crippen molar-refractivity contribution in [3.63, 3.8) is 0 Å². The summed E-state index contributed by atoms with van der Waals surface area (Å²) in [6.45, 7) is 2.70. The molecule has 1 aromatic carbocycles. The Labute approximate surface area is 114 Å². The molecule has 0 radical (unpaired) electrons. The fourth-order valence-corrected chi connectivity index (χ4v) is 2.35. The summed E-state index contributed by atoms with van der Waals surface area (Å²) in [5.74, 6) is 0.459. The number of hydrogen-bond donors (Lipinski definition) is 1. The van der Waals surface area contributed by atoms with Gasteiger partial charge in [-0.15, -0.1) is 0 Å². The van der Waals surface area contributed by atoms with Crippen LogP contribution in [0.3, 0.4) is 0 Å². The molecule has 1 heterocycles. The Hall–Kier alpha value is -1.58. The summed E-state index contributed by atoms with van der Waals surface area (Å²) in [5, 5.41) is 0. The van der Waals surface area contributed by atoms with E-state index < -0.39 is 0 Å². The number of halogens is 1. The fourth-order valence-electron chi connectivity index (χ4n) is 2.35. The van der Waals surface area contributed by atoms with Crippen molar-refractivity contribution in [1.82, 2.24) is 4.90 Å². The van der Waals surface area contributed by atoms with Gasteiger partial charge < -0.3 is 10.6 Å². The van der Waals surface area contributed by atoms with Crippen LogP contribution in [-0.4, -0.2) is 30.5 Å². The van der Waals surface area contributed by atoms with Gasteiger partial charge in [-0.1, -0.05) is 25.0 Å². The minimum atomic E-state index is -0.198. The van der Waals surface area contributed by atoms with Crippen molar-refractivity contribution >= 4 is 5.96 Å². The van der Waals surface area contributed by atoms with Crippen LogP contribution in [0.5, 0.6) is 0 Å². The Morgan fingerprint density at radius 3 is 2.37 bits per heavy atom. The van der Waals surface area contributed by atoms with E-state index in [4.69, 9.17) is 5.73 Å². The number of likely N-dealkylation sites (tertiary alicyclic amines) is 1. The SMILES string of the molecule is NC(=NCCc1ccc(F)cc1)N1CCCCCC1. The van der Waals surface area contributed by atoms with Gasteiger partial charge in [0, 0.05) is 19.6 Å². The molecular weight excluding hydrogens is 241 g/mol. The van der Waals surface area contributed by atoms with Crippen molar-refractivity contribution in [3.8, 4) is 0 Å². The van der Waals surface area contributed by atoms with Crippen LogP contribution in [0.15, 0.2) is 29.3 Å². The van der Waals surface area contributed by atoms with E-state index in [0.29, 0.717) is 12.5 Å². The number of nitrogens with zero attached hydrogens (tertiary/aromatic N) is 2. The van der Waals surface area contributed by atoms with Crippen molar-refractivity contribution in [3.05, 3.63) is 35.6 Å². The van der Waals surface area contributed by atoms with Gasteiger partial charge in [0.25, 0.3) is 0 Å². The molecule has 1 saturated heterocycles. The van der Waals surface area contributed by atoms with E-state index in [1.165, 1.54) is 37.8 Å². The summed E-state index contributed by atoms with van der Waals surface area (Å²) < 4.78 is 12.8. The molecule has 1 aromatic rings. The fraction of sp³-hybridized carbons (Fsp3) is 0.533. The maximum Gasteiger partial charge on any atom is 0.191 e. The zero-order valence-corrected chi connectivity index (χ0v) is 11.3. The van der Waals surface area contributed by atoms with E-state index in [1.54, 1.807) is 12.1 Å². The molecule has 2 N–H and O–H groups in total. The van der Waals surface area contributed by atoms with Crippen molar-refractivity contribution in [2.24, 2.45) is 10.7 Å². The maximum atomic E-state index is 12.8.